The van der Waals surface area contributed by atoms with Crippen LogP contribution in [0.5, 0.6) is 5.75 Å². The number of Topliss-reactive ketones (excluding diaryl/α,β-unsaturated/α-hetero) is 1. The van der Waals surface area contributed by atoms with Gasteiger partial charge in [0.2, 0.25) is 0 Å². The van der Waals surface area contributed by atoms with Crippen LogP contribution >= 0.6 is 0 Å². The number of amides is 1. The number of carbonyl (C=O) groups is 2. The monoisotopic (exact) mass is 428 g/mol. The van der Waals surface area contributed by atoms with Crippen LogP contribution in [0.2, 0.25) is 0 Å². The fourth-order valence-electron chi connectivity index (χ4n) is 3.95. The van der Waals surface area contributed by atoms with Crippen LogP contribution in [0.3, 0.4) is 0 Å². The molecule has 0 bridgehead atoms. The number of carbonyl (C=O) groups excluding carboxylic acids is 2. The van der Waals surface area contributed by atoms with E-state index in [1.165, 1.54) is 4.90 Å². The first kappa shape index (κ1) is 21.3. The van der Waals surface area contributed by atoms with Gasteiger partial charge in [-0.25, -0.2) is 0 Å². The number of rotatable bonds is 7. The number of aromatic nitrogens is 1. The van der Waals surface area contributed by atoms with Crippen LogP contribution < -0.4 is 4.74 Å². The first-order chi connectivity index (χ1) is 15.6. The highest BCUT2D eigenvalue weighted by atomic mass is 16.5. The van der Waals surface area contributed by atoms with E-state index in [2.05, 4.69) is 4.98 Å². The van der Waals surface area contributed by atoms with Gasteiger partial charge in [0.05, 0.1) is 18.2 Å². The smallest absolute Gasteiger partial charge is 0.295 e. The van der Waals surface area contributed by atoms with Crippen molar-refractivity contribution in [1.29, 1.82) is 0 Å². The lowest BCUT2D eigenvalue weighted by molar-refractivity contribution is -0.139. The first-order valence-electron chi connectivity index (χ1n) is 10.6. The Bertz CT molecular complexity index is 1140. The maximum absolute atomic E-state index is 13.1. The van der Waals surface area contributed by atoms with E-state index < -0.39 is 17.7 Å². The molecule has 0 aliphatic carbocycles. The SMILES string of the molecule is CCOc1cccc(C(O)=C2C(=O)C(=O)N(CCc3ccccc3)C2c2ccncc2)c1. The summed E-state index contributed by atoms with van der Waals surface area (Å²) < 4.78 is 5.52. The van der Waals surface area contributed by atoms with Crippen molar-refractivity contribution in [3.05, 3.63) is 101 Å². The molecule has 1 unspecified atom stereocenters. The van der Waals surface area contributed by atoms with Crippen molar-refractivity contribution >= 4 is 17.4 Å². The lowest BCUT2D eigenvalue weighted by Crippen LogP contribution is -2.31. The third kappa shape index (κ3) is 4.25. The van der Waals surface area contributed by atoms with Crippen LogP contribution in [0.15, 0.2) is 84.7 Å². The van der Waals surface area contributed by atoms with Gasteiger partial charge in [0.15, 0.2) is 0 Å². The number of nitrogens with zero attached hydrogens (tertiary/aromatic N) is 2. The predicted molar refractivity (Wildman–Crippen MR) is 121 cm³/mol. The number of pyridine rings is 1. The maximum atomic E-state index is 13.1. The summed E-state index contributed by atoms with van der Waals surface area (Å²) in [7, 11) is 0. The lowest BCUT2D eigenvalue weighted by Gasteiger charge is -2.25. The fourth-order valence-corrected chi connectivity index (χ4v) is 3.95. The van der Waals surface area contributed by atoms with Gasteiger partial charge in [-0.2, -0.15) is 0 Å². The van der Waals surface area contributed by atoms with Gasteiger partial charge in [-0.3, -0.25) is 14.6 Å². The van der Waals surface area contributed by atoms with Gasteiger partial charge >= 0.3 is 0 Å². The molecule has 1 aliphatic rings. The van der Waals surface area contributed by atoms with Crippen LogP contribution in [0.4, 0.5) is 0 Å². The molecule has 2 aromatic carbocycles. The van der Waals surface area contributed by atoms with Crippen molar-refractivity contribution in [2.45, 2.75) is 19.4 Å². The molecule has 162 valence electrons. The highest BCUT2D eigenvalue weighted by Crippen LogP contribution is 2.39. The average molecular weight is 428 g/mol. The second-order valence-electron chi connectivity index (χ2n) is 7.47. The molecule has 6 nitrogen and oxygen atoms in total. The van der Waals surface area contributed by atoms with E-state index in [1.54, 1.807) is 48.8 Å². The minimum atomic E-state index is -0.697. The summed E-state index contributed by atoms with van der Waals surface area (Å²) in [6.45, 7) is 2.69. The van der Waals surface area contributed by atoms with E-state index in [0.717, 1.165) is 11.1 Å². The molecule has 6 heteroatoms. The zero-order valence-corrected chi connectivity index (χ0v) is 17.8. The van der Waals surface area contributed by atoms with Crippen molar-refractivity contribution in [1.82, 2.24) is 9.88 Å². The van der Waals surface area contributed by atoms with Crippen molar-refractivity contribution in [3.8, 4) is 5.75 Å². The summed E-state index contributed by atoms with van der Waals surface area (Å²) in [6.07, 6.45) is 3.82. The molecule has 3 aromatic rings. The van der Waals surface area contributed by atoms with E-state index in [9.17, 15) is 14.7 Å². The minimum absolute atomic E-state index is 0.0721. The number of hydrogen-bond donors (Lipinski definition) is 1. The average Bonchev–Trinajstić information content (AvgIpc) is 3.09. The van der Waals surface area contributed by atoms with E-state index >= 15 is 0 Å². The largest absolute Gasteiger partial charge is 0.507 e. The second kappa shape index (κ2) is 9.47. The van der Waals surface area contributed by atoms with Crippen LogP contribution in [0, 0.1) is 0 Å². The Kier molecular flexibility index (Phi) is 6.31. The molecule has 1 atom stereocenters. The zero-order valence-electron chi connectivity index (χ0n) is 17.8. The maximum Gasteiger partial charge on any atom is 0.295 e. The summed E-state index contributed by atoms with van der Waals surface area (Å²) in [6, 6.07) is 19.5. The summed E-state index contributed by atoms with van der Waals surface area (Å²) in [5, 5.41) is 11.1. The Morgan fingerprint density at radius 3 is 2.50 bits per heavy atom. The Morgan fingerprint density at radius 2 is 1.78 bits per heavy atom. The number of ether oxygens (including phenoxy) is 1. The molecule has 1 fully saturated rings. The molecule has 1 aromatic heterocycles. The topological polar surface area (TPSA) is 79.7 Å². The molecule has 1 amide bonds. The molecule has 1 saturated heterocycles. The first-order valence-corrected chi connectivity index (χ1v) is 10.6. The van der Waals surface area contributed by atoms with Gasteiger partial charge in [-0.05, 0) is 48.7 Å². The Hall–Kier alpha value is -3.93. The fraction of sp³-hybridized carbons (Fsp3) is 0.192. The van der Waals surface area contributed by atoms with Crippen LogP contribution in [-0.2, 0) is 16.0 Å². The molecule has 4 rings (SSSR count). The molecule has 1 N–H and O–H groups in total. The second-order valence-corrected chi connectivity index (χ2v) is 7.47. The standard InChI is InChI=1S/C26H24N2O4/c1-2-32-21-10-6-9-20(17-21)24(29)22-23(19-11-14-27-15-12-19)28(26(31)25(22)30)16-13-18-7-4-3-5-8-18/h3-12,14-15,17,23,29H,2,13,16H2,1H3. The van der Waals surface area contributed by atoms with Crippen LogP contribution in [0.1, 0.15) is 29.7 Å². The molecule has 0 radical (unpaired) electrons. The van der Waals surface area contributed by atoms with Gasteiger partial charge in [0.1, 0.15) is 11.5 Å². The zero-order chi connectivity index (χ0) is 22.5. The van der Waals surface area contributed by atoms with Crippen molar-refractivity contribution < 1.29 is 19.4 Å². The lowest BCUT2D eigenvalue weighted by atomic mass is 9.95. The number of aliphatic hydroxyl groups is 1. The number of aliphatic hydroxyl groups excluding tert-OH is 1. The summed E-state index contributed by atoms with van der Waals surface area (Å²) >= 11 is 0. The summed E-state index contributed by atoms with van der Waals surface area (Å²) in [5.74, 6) is -0.950. The number of benzene rings is 2. The van der Waals surface area contributed by atoms with Crippen molar-refractivity contribution in [2.75, 3.05) is 13.2 Å². The highest BCUT2D eigenvalue weighted by Gasteiger charge is 2.45. The predicted octanol–water partition coefficient (Wildman–Crippen LogP) is 4.14. The van der Waals surface area contributed by atoms with Crippen molar-refractivity contribution in [3.63, 3.8) is 0 Å². The molecule has 32 heavy (non-hydrogen) atoms. The normalized spacial score (nSPS) is 17.5. The van der Waals surface area contributed by atoms with Crippen molar-refractivity contribution in [2.24, 2.45) is 0 Å². The Morgan fingerprint density at radius 1 is 1.03 bits per heavy atom. The van der Waals surface area contributed by atoms with E-state index in [0.29, 0.717) is 30.9 Å². The van der Waals surface area contributed by atoms with Crippen LogP contribution in [0.25, 0.3) is 5.76 Å². The minimum Gasteiger partial charge on any atom is -0.507 e. The van der Waals surface area contributed by atoms with Gasteiger partial charge in [0, 0.05) is 24.5 Å². The molecule has 0 spiro atoms. The quantitative estimate of drug-likeness (QED) is 0.348. The van der Waals surface area contributed by atoms with Crippen LogP contribution in [-0.4, -0.2) is 39.8 Å². The molecule has 2 heterocycles. The summed E-state index contributed by atoms with van der Waals surface area (Å²) in [5.41, 5.74) is 2.28. The third-order valence-corrected chi connectivity index (χ3v) is 5.46. The Balaban J connectivity index is 1.76. The van der Waals surface area contributed by atoms with E-state index in [1.807, 2.05) is 37.3 Å². The van der Waals surface area contributed by atoms with E-state index in [4.69, 9.17) is 4.74 Å². The van der Waals surface area contributed by atoms with Gasteiger partial charge < -0.3 is 14.7 Å². The van der Waals surface area contributed by atoms with Gasteiger partial charge in [0.25, 0.3) is 11.7 Å². The molecule has 1 aliphatic heterocycles. The number of likely N-dealkylation sites (tertiary alicyclic amines) is 1. The molecular weight excluding hydrogens is 404 g/mol. The summed E-state index contributed by atoms with van der Waals surface area (Å²) in [4.78, 5) is 31.7. The van der Waals surface area contributed by atoms with Gasteiger partial charge in [-0.1, -0.05) is 42.5 Å². The third-order valence-electron chi connectivity index (χ3n) is 5.46. The molecule has 0 saturated carbocycles. The number of ketones is 1. The van der Waals surface area contributed by atoms with Gasteiger partial charge in [-0.15, -0.1) is 0 Å². The number of hydrogen-bond acceptors (Lipinski definition) is 5. The molecular formula is C26H24N2O4. The Labute approximate surface area is 186 Å². The highest BCUT2D eigenvalue weighted by molar-refractivity contribution is 6.46. The van der Waals surface area contributed by atoms with E-state index in [-0.39, 0.29) is 11.3 Å².